The number of ether oxygens (including phenoxy) is 2. The van der Waals surface area contributed by atoms with Crippen LogP contribution >= 0.6 is 0 Å². The van der Waals surface area contributed by atoms with Gasteiger partial charge in [0.15, 0.2) is 11.5 Å². The number of hydrogen-bond donors (Lipinski definition) is 2. The summed E-state index contributed by atoms with van der Waals surface area (Å²) in [5.41, 5.74) is 1.90. The number of fused-ring (bicyclic) bond motifs is 2. The molecular formula is C12H15N3O2. The molecule has 90 valence electrons. The molecule has 0 saturated heterocycles. The number of nitrogens with one attached hydrogen (secondary N) is 2. The molecule has 0 aliphatic carbocycles. The molecule has 1 aromatic carbocycles. The van der Waals surface area contributed by atoms with Crippen LogP contribution in [-0.4, -0.2) is 30.2 Å². The summed E-state index contributed by atoms with van der Waals surface area (Å²) in [5, 5.41) is 3.07. The third-order valence-electron chi connectivity index (χ3n) is 2.74. The second kappa shape index (κ2) is 4.25. The lowest BCUT2D eigenvalue weighted by Gasteiger charge is -2.05. The van der Waals surface area contributed by atoms with E-state index in [1.165, 1.54) is 0 Å². The van der Waals surface area contributed by atoms with Gasteiger partial charge in [0.2, 0.25) is 0 Å². The zero-order valence-corrected chi connectivity index (χ0v) is 9.75. The van der Waals surface area contributed by atoms with E-state index in [1.54, 1.807) is 0 Å². The van der Waals surface area contributed by atoms with Gasteiger partial charge in [-0.15, -0.1) is 0 Å². The summed E-state index contributed by atoms with van der Waals surface area (Å²) < 4.78 is 11.3. The highest BCUT2D eigenvalue weighted by atomic mass is 16.5. The molecule has 0 saturated carbocycles. The lowest BCUT2D eigenvalue weighted by molar-refractivity contribution is 0.297. The average molecular weight is 233 g/mol. The first-order valence-corrected chi connectivity index (χ1v) is 5.79. The molecule has 0 bridgehead atoms. The molecule has 0 fully saturated rings. The molecule has 17 heavy (non-hydrogen) atoms. The van der Waals surface area contributed by atoms with E-state index in [0.717, 1.165) is 41.3 Å². The summed E-state index contributed by atoms with van der Waals surface area (Å²) in [7, 11) is 1.90. The van der Waals surface area contributed by atoms with Crippen molar-refractivity contribution >= 4 is 11.0 Å². The SMILES string of the molecule is CNCc1nc2cc3c(cc2[nH]1)OCCCO3. The Labute approximate surface area is 99.1 Å². The van der Waals surface area contributed by atoms with E-state index in [9.17, 15) is 0 Å². The van der Waals surface area contributed by atoms with E-state index < -0.39 is 0 Å². The Kier molecular flexibility index (Phi) is 2.60. The van der Waals surface area contributed by atoms with Gasteiger partial charge in [0.1, 0.15) is 5.82 Å². The van der Waals surface area contributed by atoms with Crippen LogP contribution in [0.3, 0.4) is 0 Å². The number of aromatic amines is 1. The van der Waals surface area contributed by atoms with Crippen LogP contribution in [0.15, 0.2) is 12.1 Å². The Bertz CT molecular complexity index is 493. The summed E-state index contributed by atoms with van der Waals surface area (Å²) in [5.74, 6) is 2.51. The summed E-state index contributed by atoms with van der Waals surface area (Å²) in [6.45, 7) is 2.13. The first kappa shape index (κ1) is 10.4. The van der Waals surface area contributed by atoms with Crippen LogP contribution in [0, 0.1) is 0 Å². The van der Waals surface area contributed by atoms with Gasteiger partial charge in [-0.05, 0) is 7.05 Å². The lowest BCUT2D eigenvalue weighted by atomic mass is 10.3. The number of rotatable bonds is 2. The molecule has 2 aromatic rings. The first-order valence-electron chi connectivity index (χ1n) is 5.79. The topological polar surface area (TPSA) is 59.2 Å². The van der Waals surface area contributed by atoms with E-state index in [-0.39, 0.29) is 0 Å². The highest BCUT2D eigenvalue weighted by molar-refractivity contribution is 5.79. The van der Waals surface area contributed by atoms with E-state index in [1.807, 2.05) is 19.2 Å². The zero-order chi connectivity index (χ0) is 11.7. The molecular weight excluding hydrogens is 218 g/mol. The number of aromatic nitrogens is 2. The molecule has 2 heterocycles. The second-order valence-electron chi connectivity index (χ2n) is 4.08. The maximum absolute atomic E-state index is 5.64. The predicted molar refractivity (Wildman–Crippen MR) is 64.5 cm³/mol. The molecule has 3 rings (SSSR count). The Morgan fingerprint density at radius 2 is 2.06 bits per heavy atom. The largest absolute Gasteiger partial charge is 0.489 e. The Balaban J connectivity index is 2.05. The average Bonchev–Trinajstić information content (AvgIpc) is 2.55. The van der Waals surface area contributed by atoms with Gasteiger partial charge >= 0.3 is 0 Å². The molecule has 1 aliphatic rings. The predicted octanol–water partition coefficient (Wildman–Crippen LogP) is 1.44. The molecule has 0 atom stereocenters. The van der Waals surface area contributed by atoms with Crippen LogP contribution in [0.2, 0.25) is 0 Å². The molecule has 1 aliphatic heterocycles. The van der Waals surface area contributed by atoms with Gasteiger partial charge in [-0.25, -0.2) is 4.98 Å². The fourth-order valence-corrected chi connectivity index (χ4v) is 1.97. The Morgan fingerprint density at radius 1 is 1.29 bits per heavy atom. The minimum Gasteiger partial charge on any atom is -0.489 e. The zero-order valence-electron chi connectivity index (χ0n) is 9.75. The highest BCUT2D eigenvalue weighted by Crippen LogP contribution is 2.33. The minimum atomic E-state index is 0.701. The molecule has 2 N–H and O–H groups in total. The number of nitrogens with zero attached hydrogens (tertiary/aromatic N) is 1. The van der Waals surface area contributed by atoms with Gasteiger partial charge in [-0.3, -0.25) is 0 Å². The summed E-state index contributed by atoms with van der Waals surface area (Å²) in [4.78, 5) is 7.75. The maximum Gasteiger partial charge on any atom is 0.163 e. The smallest absolute Gasteiger partial charge is 0.163 e. The molecule has 0 spiro atoms. The quantitative estimate of drug-likeness (QED) is 0.824. The van der Waals surface area contributed by atoms with Crippen LogP contribution in [0.1, 0.15) is 12.2 Å². The summed E-state index contributed by atoms with van der Waals surface area (Å²) in [6.07, 6.45) is 0.918. The fourth-order valence-electron chi connectivity index (χ4n) is 1.97. The molecule has 0 unspecified atom stereocenters. The highest BCUT2D eigenvalue weighted by Gasteiger charge is 2.13. The monoisotopic (exact) mass is 233 g/mol. The van der Waals surface area contributed by atoms with E-state index >= 15 is 0 Å². The number of H-pyrrole nitrogens is 1. The minimum absolute atomic E-state index is 0.701. The molecule has 5 nitrogen and oxygen atoms in total. The Hall–Kier alpha value is -1.75. The molecule has 5 heteroatoms. The van der Waals surface area contributed by atoms with Crippen molar-refractivity contribution in [2.45, 2.75) is 13.0 Å². The molecule has 0 radical (unpaired) electrons. The maximum atomic E-state index is 5.64. The standard InChI is InChI=1S/C12H15N3O2/c1-13-7-12-14-8-5-10-11(6-9(8)15-12)17-4-2-3-16-10/h5-6,13H,2-4,7H2,1H3,(H,14,15). The van der Waals surface area contributed by atoms with Crippen LogP contribution in [0.25, 0.3) is 11.0 Å². The summed E-state index contributed by atoms with van der Waals surface area (Å²) in [6, 6.07) is 3.90. The third kappa shape index (κ3) is 1.93. The normalized spacial score (nSPS) is 14.9. The van der Waals surface area contributed by atoms with Crippen molar-refractivity contribution in [1.82, 2.24) is 15.3 Å². The van der Waals surface area contributed by atoms with Crippen LogP contribution in [0.5, 0.6) is 11.5 Å². The Morgan fingerprint density at radius 3 is 2.82 bits per heavy atom. The van der Waals surface area contributed by atoms with Crippen molar-refractivity contribution in [3.63, 3.8) is 0 Å². The van der Waals surface area contributed by atoms with Crippen molar-refractivity contribution in [1.29, 1.82) is 0 Å². The summed E-state index contributed by atoms with van der Waals surface area (Å²) >= 11 is 0. The van der Waals surface area contributed by atoms with E-state index in [2.05, 4.69) is 15.3 Å². The van der Waals surface area contributed by atoms with E-state index in [0.29, 0.717) is 13.2 Å². The van der Waals surface area contributed by atoms with Gasteiger partial charge in [-0.2, -0.15) is 0 Å². The van der Waals surface area contributed by atoms with E-state index in [4.69, 9.17) is 9.47 Å². The van der Waals surface area contributed by atoms with Gasteiger partial charge in [0, 0.05) is 18.6 Å². The van der Waals surface area contributed by atoms with Crippen molar-refractivity contribution in [2.75, 3.05) is 20.3 Å². The van der Waals surface area contributed by atoms with Gasteiger partial charge in [-0.1, -0.05) is 0 Å². The fraction of sp³-hybridized carbons (Fsp3) is 0.417. The number of hydrogen-bond acceptors (Lipinski definition) is 4. The van der Waals surface area contributed by atoms with Gasteiger partial charge < -0.3 is 19.8 Å². The van der Waals surface area contributed by atoms with Crippen molar-refractivity contribution in [2.24, 2.45) is 0 Å². The molecule has 0 amide bonds. The molecule has 1 aromatic heterocycles. The van der Waals surface area contributed by atoms with Crippen LogP contribution in [0.4, 0.5) is 0 Å². The number of benzene rings is 1. The van der Waals surface area contributed by atoms with Crippen LogP contribution in [-0.2, 0) is 6.54 Å². The van der Waals surface area contributed by atoms with Crippen molar-refractivity contribution in [3.8, 4) is 11.5 Å². The van der Waals surface area contributed by atoms with Crippen molar-refractivity contribution in [3.05, 3.63) is 18.0 Å². The lowest BCUT2D eigenvalue weighted by Crippen LogP contribution is -2.06. The number of imidazole rings is 1. The van der Waals surface area contributed by atoms with Crippen molar-refractivity contribution < 1.29 is 9.47 Å². The third-order valence-corrected chi connectivity index (χ3v) is 2.74. The first-order chi connectivity index (χ1) is 8.36. The van der Waals surface area contributed by atoms with Gasteiger partial charge in [0.25, 0.3) is 0 Å². The van der Waals surface area contributed by atoms with Gasteiger partial charge in [0.05, 0.1) is 30.8 Å². The van der Waals surface area contributed by atoms with Crippen LogP contribution < -0.4 is 14.8 Å². The second-order valence-corrected chi connectivity index (χ2v) is 4.08.